The molecule has 1 aliphatic rings. The first-order chi connectivity index (χ1) is 10.1. The van der Waals surface area contributed by atoms with Gasteiger partial charge in [-0.15, -0.1) is 0 Å². The van der Waals surface area contributed by atoms with E-state index in [2.05, 4.69) is 67.5 Å². The highest BCUT2D eigenvalue weighted by Gasteiger charge is 2.10. The molecule has 21 heavy (non-hydrogen) atoms. The number of nitrogens with zero attached hydrogens (tertiary/aromatic N) is 1. The van der Waals surface area contributed by atoms with E-state index < -0.39 is 0 Å². The summed E-state index contributed by atoms with van der Waals surface area (Å²) in [6.45, 7) is 6.40. The maximum Gasteiger partial charge on any atom is 0.0426 e. The average Bonchev–Trinajstić information content (AvgIpc) is 2.47. The molecule has 0 radical (unpaired) electrons. The topological polar surface area (TPSA) is 15.3 Å². The highest BCUT2D eigenvalue weighted by atomic mass is 15.1. The van der Waals surface area contributed by atoms with Crippen LogP contribution in [0, 0.1) is 13.8 Å². The number of fused-ring (bicyclic) bond motifs is 1. The van der Waals surface area contributed by atoms with Gasteiger partial charge in [0.2, 0.25) is 0 Å². The molecule has 0 unspecified atom stereocenters. The molecule has 0 fully saturated rings. The molecular formula is C19H24N2. The van der Waals surface area contributed by atoms with Gasteiger partial charge in [0.05, 0.1) is 0 Å². The molecule has 2 heteroatoms. The number of anilines is 2. The van der Waals surface area contributed by atoms with Crippen LogP contribution in [0.2, 0.25) is 0 Å². The Morgan fingerprint density at radius 1 is 1.10 bits per heavy atom. The van der Waals surface area contributed by atoms with Crippen LogP contribution in [0.4, 0.5) is 11.4 Å². The number of benzene rings is 2. The van der Waals surface area contributed by atoms with Gasteiger partial charge in [-0.3, -0.25) is 0 Å². The highest BCUT2D eigenvalue weighted by Crippen LogP contribution is 2.25. The maximum absolute atomic E-state index is 3.48. The molecule has 2 aromatic carbocycles. The van der Waals surface area contributed by atoms with Crippen LogP contribution in [0.15, 0.2) is 36.4 Å². The highest BCUT2D eigenvalue weighted by molar-refractivity contribution is 5.57. The number of hydrogen-bond donors (Lipinski definition) is 1. The maximum atomic E-state index is 3.48. The van der Waals surface area contributed by atoms with Gasteiger partial charge in [0, 0.05) is 31.5 Å². The molecule has 0 saturated carbocycles. The monoisotopic (exact) mass is 280 g/mol. The Kier molecular flexibility index (Phi) is 3.87. The molecule has 2 aromatic rings. The van der Waals surface area contributed by atoms with Crippen molar-refractivity contribution >= 4 is 11.4 Å². The lowest BCUT2D eigenvalue weighted by atomic mass is 10.0. The van der Waals surface area contributed by atoms with Crippen molar-refractivity contribution in [1.82, 2.24) is 0 Å². The molecule has 1 N–H and O–H groups in total. The van der Waals surface area contributed by atoms with E-state index in [-0.39, 0.29) is 0 Å². The summed E-state index contributed by atoms with van der Waals surface area (Å²) in [5.74, 6) is 0. The average molecular weight is 280 g/mol. The van der Waals surface area contributed by atoms with Crippen LogP contribution in [0.5, 0.6) is 0 Å². The van der Waals surface area contributed by atoms with Gasteiger partial charge in [0.25, 0.3) is 0 Å². The second-order valence-electron chi connectivity index (χ2n) is 6.17. The summed E-state index contributed by atoms with van der Waals surface area (Å²) in [7, 11) is 2.18. The first kappa shape index (κ1) is 14.0. The van der Waals surface area contributed by atoms with Crippen LogP contribution in [-0.4, -0.2) is 13.6 Å². The summed E-state index contributed by atoms with van der Waals surface area (Å²) < 4.78 is 0. The SMILES string of the molecule is Cc1ccc(N(C)Cc2ccc3c(c2)CCCN3)c(C)c1. The molecule has 110 valence electrons. The lowest BCUT2D eigenvalue weighted by Crippen LogP contribution is -2.18. The molecule has 1 aliphatic heterocycles. The van der Waals surface area contributed by atoms with Crippen LogP contribution in [0.1, 0.15) is 28.7 Å². The van der Waals surface area contributed by atoms with Gasteiger partial charge in [-0.05, 0) is 55.5 Å². The first-order valence-electron chi connectivity index (χ1n) is 7.77. The molecule has 0 amide bonds. The molecule has 2 nitrogen and oxygen atoms in total. The molecule has 0 aliphatic carbocycles. The van der Waals surface area contributed by atoms with Crippen LogP contribution < -0.4 is 10.2 Å². The molecule has 0 atom stereocenters. The fourth-order valence-electron chi connectivity index (χ4n) is 3.22. The van der Waals surface area contributed by atoms with Crippen molar-refractivity contribution in [1.29, 1.82) is 0 Å². The molecule has 0 bridgehead atoms. The van der Waals surface area contributed by atoms with E-state index in [9.17, 15) is 0 Å². The second kappa shape index (κ2) is 5.80. The van der Waals surface area contributed by atoms with E-state index in [4.69, 9.17) is 0 Å². The first-order valence-corrected chi connectivity index (χ1v) is 7.77. The zero-order chi connectivity index (χ0) is 14.8. The van der Waals surface area contributed by atoms with Crippen molar-refractivity contribution in [2.24, 2.45) is 0 Å². The van der Waals surface area contributed by atoms with Gasteiger partial charge in [-0.2, -0.15) is 0 Å². The Bertz CT molecular complexity index is 646. The summed E-state index contributed by atoms with van der Waals surface area (Å²) in [5, 5.41) is 3.48. The Morgan fingerprint density at radius 2 is 1.95 bits per heavy atom. The molecule has 0 saturated heterocycles. The summed E-state index contributed by atoms with van der Waals surface area (Å²) in [6, 6.07) is 13.5. The van der Waals surface area contributed by atoms with E-state index >= 15 is 0 Å². The van der Waals surface area contributed by atoms with Gasteiger partial charge in [-0.1, -0.05) is 29.8 Å². The van der Waals surface area contributed by atoms with Gasteiger partial charge in [0.1, 0.15) is 0 Å². The Hall–Kier alpha value is -1.96. The second-order valence-corrected chi connectivity index (χ2v) is 6.17. The van der Waals surface area contributed by atoms with Crippen molar-refractivity contribution in [3.8, 4) is 0 Å². The van der Waals surface area contributed by atoms with E-state index in [0.29, 0.717) is 0 Å². The third kappa shape index (κ3) is 3.05. The summed E-state index contributed by atoms with van der Waals surface area (Å²) in [6.07, 6.45) is 2.44. The predicted molar refractivity (Wildman–Crippen MR) is 91.3 cm³/mol. The Morgan fingerprint density at radius 3 is 2.76 bits per heavy atom. The predicted octanol–water partition coefficient (Wildman–Crippen LogP) is 4.30. The fraction of sp³-hybridized carbons (Fsp3) is 0.368. The zero-order valence-corrected chi connectivity index (χ0v) is 13.2. The quantitative estimate of drug-likeness (QED) is 0.902. The van der Waals surface area contributed by atoms with Crippen molar-refractivity contribution in [3.63, 3.8) is 0 Å². The van der Waals surface area contributed by atoms with Crippen LogP contribution in [0.3, 0.4) is 0 Å². The Labute approximate surface area is 127 Å². The van der Waals surface area contributed by atoms with Gasteiger partial charge < -0.3 is 10.2 Å². The Balaban J connectivity index is 1.79. The van der Waals surface area contributed by atoms with Crippen molar-refractivity contribution in [2.45, 2.75) is 33.2 Å². The molecule has 0 spiro atoms. The number of hydrogen-bond acceptors (Lipinski definition) is 2. The molecular weight excluding hydrogens is 256 g/mol. The van der Waals surface area contributed by atoms with E-state index in [1.807, 2.05) is 0 Å². The summed E-state index contributed by atoms with van der Waals surface area (Å²) >= 11 is 0. The normalized spacial score (nSPS) is 13.5. The van der Waals surface area contributed by atoms with Crippen LogP contribution in [-0.2, 0) is 13.0 Å². The largest absolute Gasteiger partial charge is 0.385 e. The minimum absolute atomic E-state index is 0.956. The van der Waals surface area contributed by atoms with Crippen molar-refractivity contribution < 1.29 is 0 Å². The molecule has 1 heterocycles. The zero-order valence-electron chi connectivity index (χ0n) is 13.2. The third-order valence-electron chi connectivity index (χ3n) is 4.29. The standard InChI is InChI=1S/C19H24N2/c1-14-6-9-19(15(2)11-14)21(3)13-16-7-8-18-17(12-16)5-4-10-20-18/h6-9,11-12,20H,4-5,10,13H2,1-3H3. The molecule has 0 aromatic heterocycles. The number of rotatable bonds is 3. The minimum Gasteiger partial charge on any atom is -0.385 e. The number of aryl methyl sites for hydroxylation is 3. The lowest BCUT2D eigenvalue weighted by molar-refractivity contribution is 0.824. The van der Waals surface area contributed by atoms with Gasteiger partial charge in [0.15, 0.2) is 0 Å². The summed E-state index contributed by atoms with van der Waals surface area (Å²) in [4.78, 5) is 2.34. The fourth-order valence-corrected chi connectivity index (χ4v) is 3.22. The van der Waals surface area contributed by atoms with Crippen molar-refractivity contribution in [2.75, 3.05) is 23.8 Å². The third-order valence-corrected chi connectivity index (χ3v) is 4.29. The van der Waals surface area contributed by atoms with E-state index in [1.54, 1.807) is 0 Å². The lowest BCUT2D eigenvalue weighted by Gasteiger charge is -2.24. The van der Waals surface area contributed by atoms with Gasteiger partial charge in [-0.25, -0.2) is 0 Å². The van der Waals surface area contributed by atoms with E-state index in [1.165, 1.54) is 46.5 Å². The minimum atomic E-state index is 0.956. The van der Waals surface area contributed by atoms with Crippen LogP contribution in [0.25, 0.3) is 0 Å². The summed E-state index contributed by atoms with van der Waals surface area (Å²) in [5.41, 5.74) is 8.16. The number of nitrogens with one attached hydrogen (secondary N) is 1. The van der Waals surface area contributed by atoms with Gasteiger partial charge >= 0.3 is 0 Å². The molecule has 3 rings (SSSR count). The van der Waals surface area contributed by atoms with Crippen molar-refractivity contribution in [3.05, 3.63) is 58.7 Å². The smallest absolute Gasteiger partial charge is 0.0426 e. The van der Waals surface area contributed by atoms with E-state index in [0.717, 1.165) is 13.1 Å². The van der Waals surface area contributed by atoms with Crippen LogP contribution >= 0.6 is 0 Å².